The van der Waals surface area contributed by atoms with Gasteiger partial charge in [-0.1, -0.05) is 49.2 Å². The van der Waals surface area contributed by atoms with Gasteiger partial charge in [0, 0.05) is 42.5 Å². The second kappa shape index (κ2) is 12.6. The lowest BCUT2D eigenvalue weighted by molar-refractivity contribution is -0.160. The molecule has 3 aromatic rings. The van der Waals surface area contributed by atoms with Crippen LogP contribution in [0.2, 0.25) is 10.0 Å². The van der Waals surface area contributed by atoms with Gasteiger partial charge < -0.3 is 19.5 Å². The van der Waals surface area contributed by atoms with E-state index in [2.05, 4.69) is 23.7 Å². The van der Waals surface area contributed by atoms with Gasteiger partial charge in [0.15, 0.2) is 6.10 Å². The maximum absolute atomic E-state index is 12.6. The highest BCUT2D eigenvalue weighted by atomic mass is 35.5. The highest BCUT2D eigenvalue weighted by molar-refractivity contribution is 6.42. The molecule has 0 radical (unpaired) electrons. The Morgan fingerprint density at radius 1 is 1.10 bits per heavy atom. The quantitative estimate of drug-likeness (QED) is 0.267. The number of hydrogen-bond acceptors (Lipinski definition) is 6. The van der Waals surface area contributed by atoms with Crippen LogP contribution in [0.1, 0.15) is 70.4 Å². The van der Waals surface area contributed by atoms with Crippen molar-refractivity contribution in [2.75, 3.05) is 24.6 Å². The molecule has 0 aliphatic carbocycles. The van der Waals surface area contributed by atoms with Crippen LogP contribution in [0.3, 0.4) is 0 Å². The third-order valence-corrected chi connectivity index (χ3v) is 8.22. The average Bonchev–Trinajstić information content (AvgIpc) is 2.90. The number of pyridine rings is 2. The summed E-state index contributed by atoms with van der Waals surface area (Å²) in [5, 5.41) is 11.4. The SMILES string of the molecule is Cc1ncc(-c2ccc(OCCc3cccc(Cl)c3Cl)cn2)c(N2CCC(C)(C)CC2)c1[C@H](OC(C)(C)C)C(=O)O. The molecule has 220 valence electrons. The zero-order valence-corrected chi connectivity index (χ0v) is 26.1. The van der Waals surface area contributed by atoms with E-state index in [9.17, 15) is 9.90 Å². The minimum atomic E-state index is -1.17. The molecular weight excluding hydrogens is 561 g/mol. The number of rotatable bonds is 9. The van der Waals surface area contributed by atoms with E-state index < -0.39 is 17.7 Å². The van der Waals surface area contributed by atoms with Crippen LogP contribution in [0.4, 0.5) is 5.69 Å². The molecule has 0 amide bonds. The number of halogens is 2. The molecule has 1 aromatic carbocycles. The molecule has 0 unspecified atom stereocenters. The van der Waals surface area contributed by atoms with E-state index in [4.69, 9.17) is 37.7 Å². The predicted octanol–water partition coefficient (Wildman–Crippen LogP) is 7.95. The number of hydrogen-bond donors (Lipinski definition) is 1. The van der Waals surface area contributed by atoms with Crippen LogP contribution in [0.5, 0.6) is 5.75 Å². The van der Waals surface area contributed by atoms with Crippen molar-refractivity contribution in [3.05, 3.63) is 69.6 Å². The molecule has 41 heavy (non-hydrogen) atoms. The molecule has 1 aliphatic rings. The number of aliphatic carboxylic acids is 1. The fourth-order valence-electron chi connectivity index (χ4n) is 5.02. The average molecular weight is 601 g/mol. The molecule has 1 atom stereocenters. The zero-order chi connectivity index (χ0) is 29.9. The van der Waals surface area contributed by atoms with Crippen molar-refractivity contribution in [1.29, 1.82) is 0 Å². The summed E-state index contributed by atoms with van der Waals surface area (Å²) in [6.07, 6.45) is 4.87. The summed E-state index contributed by atoms with van der Waals surface area (Å²) in [5.74, 6) is -0.426. The first kappa shape index (κ1) is 31.1. The first-order chi connectivity index (χ1) is 19.3. The molecule has 4 rings (SSSR count). The third-order valence-electron chi connectivity index (χ3n) is 7.36. The van der Waals surface area contributed by atoms with Crippen molar-refractivity contribution in [1.82, 2.24) is 9.97 Å². The second-order valence-electron chi connectivity index (χ2n) is 12.3. The van der Waals surface area contributed by atoms with Gasteiger partial charge in [-0.05, 0) is 69.7 Å². The van der Waals surface area contributed by atoms with Gasteiger partial charge in [0.1, 0.15) is 5.75 Å². The Labute approximate surface area is 252 Å². The van der Waals surface area contributed by atoms with Gasteiger partial charge >= 0.3 is 5.97 Å². The largest absolute Gasteiger partial charge is 0.492 e. The van der Waals surface area contributed by atoms with E-state index >= 15 is 0 Å². The van der Waals surface area contributed by atoms with Gasteiger partial charge in [-0.25, -0.2) is 4.79 Å². The Bertz CT molecular complexity index is 1380. The van der Waals surface area contributed by atoms with Gasteiger partial charge in [0.05, 0.1) is 39.8 Å². The van der Waals surface area contributed by atoms with Crippen LogP contribution in [-0.4, -0.2) is 46.3 Å². The van der Waals surface area contributed by atoms with Crippen LogP contribution < -0.4 is 9.64 Å². The van der Waals surface area contributed by atoms with Crippen molar-refractivity contribution in [3.8, 4) is 17.0 Å². The maximum atomic E-state index is 12.6. The van der Waals surface area contributed by atoms with E-state index in [0.29, 0.717) is 45.8 Å². The molecule has 0 saturated carbocycles. The van der Waals surface area contributed by atoms with Gasteiger partial charge in [-0.2, -0.15) is 0 Å². The number of aryl methyl sites for hydroxylation is 1. The number of carbonyl (C=O) groups is 1. The Balaban J connectivity index is 1.67. The molecule has 7 nitrogen and oxygen atoms in total. The molecule has 2 aromatic heterocycles. The first-order valence-electron chi connectivity index (χ1n) is 13.9. The standard InChI is InChI=1S/C32H39Cl2N3O4/c1-20-26(29(30(38)39)41-31(2,3)4)28(37-15-13-32(5,6)14-16-37)23(19-35-20)25-11-10-22(18-36-25)40-17-12-21-8-7-9-24(33)27(21)34/h7-11,18-19,29H,12-17H2,1-6H3,(H,38,39)/t29-/m0/s1. The molecule has 1 N–H and O–H groups in total. The van der Waals surface area contributed by atoms with Crippen molar-refractivity contribution < 1.29 is 19.4 Å². The molecular formula is C32H39Cl2N3O4. The van der Waals surface area contributed by atoms with Crippen molar-refractivity contribution >= 4 is 34.9 Å². The summed E-state index contributed by atoms with van der Waals surface area (Å²) < 4.78 is 12.1. The van der Waals surface area contributed by atoms with Crippen molar-refractivity contribution in [2.24, 2.45) is 5.41 Å². The monoisotopic (exact) mass is 599 g/mol. The molecule has 3 heterocycles. The van der Waals surface area contributed by atoms with Crippen molar-refractivity contribution in [2.45, 2.75) is 72.5 Å². The molecule has 1 saturated heterocycles. The van der Waals surface area contributed by atoms with Crippen LogP contribution in [-0.2, 0) is 16.0 Å². The number of carboxylic acids is 1. The second-order valence-corrected chi connectivity index (χ2v) is 13.1. The number of nitrogens with zero attached hydrogens (tertiary/aromatic N) is 3. The van der Waals surface area contributed by atoms with E-state index in [-0.39, 0.29) is 5.41 Å². The predicted molar refractivity (Wildman–Crippen MR) is 164 cm³/mol. The highest BCUT2D eigenvalue weighted by Crippen LogP contribution is 2.43. The summed E-state index contributed by atoms with van der Waals surface area (Å²) in [4.78, 5) is 24.2. The summed E-state index contributed by atoms with van der Waals surface area (Å²) >= 11 is 12.4. The number of piperidine rings is 1. The lowest BCUT2D eigenvalue weighted by atomic mass is 9.82. The van der Waals surface area contributed by atoms with Crippen molar-refractivity contribution in [3.63, 3.8) is 0 Å². The number of benzene rings is 1. The molecule has 0 bridgehead atoms. The minimum Gasteiger partial charge on any atom is -0.492 e. The van der Waals surface area contributed by atoms with Gasteiger partial charge in [-0.3, -0.25) is 9.97 Å². The Morgan fingerprint density at radius 2 is 1.80 bits per heavy atom. The Kier molecular flexibility index (Phi) is 9.52. The number of carboxylic acid groups (broad SMARTS) is 1. The number of aromatic nitrogens is 2. The van der Waals surface area contributed by atoms with E-state index in [1.165, 1.54) is 0 Å². The Hall–Kier alpha value is -2.87. The summed E-state index contributed by atoms with van der Waals surface area (Å²) in [7, 11) is 0. The van der Waals surface area contributed by atoms with Crippen LogP contribution in [0.25, 0.3) is 11.3 Å². The molecule has 1 fully saturated rings. The van der Waals surface area contributed by atoms with Crippen LogP contribution >= 0.6 is 23.2 Å². The van der Waals surface area contributed by atoms with Gasteiger partial charge in [0.25, 0.3) is 0 Å². The van der Waals surface area contributed by atoms with E-state index in [0.717, 1.165) is 42.7 Å². The summed E-state index contributed by atoms with van der Waals surface area (Å²) in [6.45, 7) is 14.0. The number of anilines is 1. The highest BCUT2D eigenvalue weighted by Gasteiger charge is 2.36. The fourth-order valence-corrected chi connectivity index (χ4v) is 5.43. The minimum absolute atomic E-state index is 0.222. The molecule has 1 aliphatic heterocycles. The van der Waals surface area contributed by atoms with Crippen LogP contribution in [0.15, 0.2) is 42.7 Å². The molecule has 0 spiro atoms. The maximum Gasteiger partial charge on any atom is 0.337 e. The molecule has 9 heteroatoms. The third kappa shape index (κ3) is 7.70. The lowest BCUT2D eigenvalue weighted by Crippen LogP contribution is -2.39. The lowest BCUT2D eigenvalue weighted by Gasteiger charge is -2.40. The zero-order valence-electron chi connectivity index (χ0n) is 24.6. The summed E-state index contributed by atoms with van der Waals surface area (Å²) in [5.41, 5.74) is 3.95. The van der Waals surface area contributed by atoms with Gasteiger partial charge in [-0.15, -0.1) is 0 Å². The van der Waals surface area contributed by atoms with Gasteiger partial charge in [0.2, 0.25) is 0 Å². The van der Waals surface area contributed by atoms with Crippen LogP contribution in [0, 0.1) is 12.3 Å². The first-order valence-corrected chi connectivity index (χ1v) is 14.7. The van der Waals surface area contributed by atoms with E-state index in [1.807, 2.05) is 52.0 Å². The number of ether oxygens (including phenoxy) is 2. The topological polar surface area (TPSA) is 84.8 Å². The fraction of sp³-hybridized carbons (Fsp3) is 0.469. The normalized spacial score (nSPS) is 16.0. The summed E-state index contributed by atoms with van der Waals surface area (Å²) in [6, 6.07) is 9.31. The smallest absolute Gasteiger partial charge is 0.337 e. The van der Waals surface area contributed by atoms with E-state index in [1.54, 1.807) is 18.5 Å². The Morgan fingerprint density at radius 3 is 2.41 bits per heavy atom.